The van der Waals surface area contributed by atoms with E-state index in [0.29, 0.717) is 6.04 Å². The molecule has 96 valence electrons. The molecule has 0 saturated heterocycles. The van der Waals surface area contributed by atoms with Crippen molar-refractivity contribution >= 4 is 11.3 Å². The molecule has 2 aromatic rings. The number of aromatic nitrogens is 1. The van der Waals surface area contributed by atoms with E-state index in [1.54, 1.807) is 11.3 Å². The van der Waals surface area contributed by atoms with Crippen LogP contribution in [0.3, 0.4) is 0 Å². The van der Waals surface area contributed by atoms with Crippen molar-refractivity contribution in [3.63, 3.8) is 0 Å². The van der Waals surface area contributed by atoms with Crippen LogP contribution in [0.4, 0.5) is 0 Å². The third-order valence-corrected chi connectivity index (χ3v) is 3.85. The Hall–Kier alpha value is -1.19. The predicted molar refractivity (Wildman–Crippen MR) is 79.1 cm³/mol. The van der Waals surface area contributed by atoms with E-state index in [2.05, 4.69) is 56.6 Å². The highest BCUT2D eigenvalue weighted by Gasteiger charge is 2.10. The fourth-order valence-corrected chi connectivity index (χ4v) is 3.03. The zero-order valence-corrected chi connectivity index (χ0v) is 12.3. The molecule has 1 N–H and O–H groups in total. The summed E-state index contributed by atoms with van der Waals surface area (Å²) in [6, 6.07) is 6.92. The maximum absolute atomic E-state index is 4.74. The number of aryl methyl sites for hydroxylation is 2. The molecule has 0 fully saturated rings. The minimum absolute atomic E-state index is 0.325. The lowest BCUT2D eigenvalue weighted by Crippen LogP contribution is -2.17. The van der Waals surface area contributed by atoms with Crippen LogP contribution < -0.4 is 5.32 Å². The highest BCUT2D eigenvalue weighted by molar-refractivity contribution is 7.13. The Kier molecular flexibility index (Phi) is 4.15. The van der Waals surface area contributed by atoms with E-state index in [-0.39, 0.29) is 0 Å². The highest BCUT2D eigenvalue weighted by Crippen LogP contribution is 2.27. The number of thiazole rings is 1. The molecule has 1 aromatic carbocycles. The van der Waals surface area contributed by atoms with Gasteiger partial charge in [-0.15, -0.1) is 11.3 Å². The molecule has 0 bridgehead atoms. The first-order chi connectivity index (χ1) is 8.60. The zero-order chi connectivity index (χ0) is 13.1. The molecule has 1 atom stereocenters. The molecule has 2 rings (SSSR count). The zero-order valence-electron chi connectivity index (χ0n) is 11.4. The minimum Gasteiger partial charge on any atom is -0.309 e. The number of benzene rings is 1. The van der Waals surface area contributed by atoms with Gasteiger partial charge in [-0.1, -0.05) is 24.1 Å². The molecule has 1 aromatic heterocycles. The Morgan fingerprint density at radius 3 is 2.50 bits per heavy atom. The van der Waals surface area contributed by atoms with Crippen LogP contribution in [-0.4, -0.2) is 11.5 Å². The summed E-state index contributed by atoms with van der Waals surface area (Å²) >= 11 is 1.72. The van der Waals surface area contributed by atoms with Crippen molar-refractivity contribution < 1.29 is 0 Å². The van der Waals surface area contributed by atoms with Gasteiger partial charge in [0.05, 0.1) is 5.69 Å². The Morgan fingerprint density at radius 2 is 1.89 bits per heavy atom. The van der Waals surface area contributed by atoms with E-state index < -0.39 is 0 Å². The van der Waals surface area contributed by atoms with Crippen LogP contribution in [0.1, 0.15) is 36.7 Å². The second-order valence-electron chi connectivity index (χ2n) is 4.73. The first-order valence-corrected chi connectivity index (χ1v) is 7.25. The molecule has 0 aliphatic rings. The van der Waals surface area contributed by atoms with E-state index in [0.717, 1.165) is 17.2 Å². The highest BCUT2D eigenvalue weighted by atomic mass is 32.1. The lowest BCUT2D eigenvalue weighted by molar-refractivity contribution is 0.587. The van der Waals surface area contributed by atoms with Crippen molar-refractivity contribution in [1.29, 1.82) is 0 Å². The van der Waals surface area contributed by atoms with Gasteiger partial charge < -0.3 is 5.32 Å². The summed E-state index contributed by atoms with van der Waals surface area (Å²) in [4.78, 5) is 4.74. The molecule has 0 aliphatic heterocycles. The molecule has 0 spiro atoms. The fraction of sp³-hybridized carbons (Fsp3) is 0.400. The molecule has 3 heteroatoms. The third-order valence-electron chi connectivity index (χ3n) is 2.94. The Labute approximate surface area is 113 Å². The van der Waals surface area contributed by atoms with Gasteiger partial charge in [-0.25, -0.2) is 4.98 Å². The first kappa shape index (κ1) is 13.2. The maximum atomic E-state index is 4.74. The van der Waals surface area contributed by atoms with Gasteiger partial charge in [0.1, 0.15) is 5.01 Å². The molecule has 0 radical (unpaired) electrons. The van der Waals surface area contributed by atoms with Gasteiger partial charge >= 0.3 is 0 Å². The van der Waals surface area contributed by atoms with Crippen molar-refractivity contribution in [3.05, 3.63) is 40.4 Å². The summed E-state index contributed by atoms with van der Waals surface area (Å²) in [5.74, 6) is 0. The van der Waals surface area contributed by atoms with Crippen LogP contribution in [0.5, 0.6) is 0 Å². The fourth-order valence-electron chi connectivity index (χ4n) is 2.13. The number of hydrogen-bond donors (Lipinski definition) is 1. The van der Waals surface area contributed by atoms with E-state index in [1.807, 2.05) is 0 Å². The smallest absolute Gasteiger partial charge is 0.123 e. The van der Waals surface area contributed by atoms with E-state index in [4.69, 9.17) is 4.98 Å². The van der Waals surface area contributed by atoms with Gasteiger partial charge in [0.15, 0.2) is 0 Å². The van der Waals surface area contributed by atoms with Gasteiger partial charge in [0.2, 0.25) is 0 Å². The van der Waals surface area contributed by atoms with E-state index >= 15 is 0 Å². The quantitative estimate of drug-likeness (QED) is 0.895. The molecular formula is C15H20N2S. The number of nitrogens with one attached hydrogen (secondary N) is 1. The van der Waals surface area contributed by atoms with Gasteiger partial charge in [-0.2, -0.15) is 0 Å². The Balaban J connectivity index is 2.29. The summed E-state index contributed by atoms with van der Waals surface area (Å²) in [5, 5.41) is 6.66. The molecule has 1 unspecified atom stereocenters. The first-order valence-electron chi connectivity index (χ1n) is 6.37. The second kappa shape index (κ2) is 5.63. The molecule has 18 heavy (non-hydrogen) atoms. The van der Waals surface area contributed by atoms with Crippen molar-refractivity contribution in [2.24, 2.45) is 0 Å². The summed E-state index contributed by atoms with van der Waals surface area (Å²) < 4.78 is 0. The average Bonchev–Trinajstić information content (AvgIpc) is 2.77. The lowest BCUT2D eigenvalue weighted by atomic mass is 10.1. The summed E-state index contributed by atoms with van der Waals surface area (Å²) in [7, 11) is 0. The van der Waals surface area contributed by atoms with E-state index in [1.165, 1.54) is 16.7 Å². The topological polar surface area (TPSA) is 24.9 Å². The van der Waals surface area contributed by atoms with Gasteiger partial charge in [0.25, 0.3) is 0 Å². The maximum Gasteiger partial charge on any atom is 0.123 e. The van der Waals surface area contributed by atoms with Gasteiger partial charge in [-0.05, 0) is 39.4 Å². The van der Waals surface area contributed by atoms with Crippen LogP contribution in [0.15, 0.2) is 23.6 Å². The van der Waals surface area contributed by atoms with Gasteiger partial charge in [-0.3, -0.25) is 0 Å². The average molecular weight is 260 g/mol. The van der Waals surface area contributed by atoms with Crippen LogP contribution in [0.2, 0.25) is 0 Å². The van der Waals surface area contributed by atoms with Crippen molar-refractivity contribution in [2.75, 3.05) is 6.54 Å². The van der Waals surface area contributed by atoms with Crippen LogP contribution in [0.25, 0.3) is 10.6 Å². The second-order valence-corrected chi connectivity index (χ2v) is 5.59. The Bertz CT molecular complexity index is 511. The molecule has 2 nitrogen and oxygen atoms in total. The van der Waals surface area contributed by atoms with Crippen LogP contribution in [-0.2, 0) is 0 Å². The Morgan fingerprint density at radius 1 is 1.22 bits per heavy atom. The monoisotopic (exact) mass is 260 g/mol. The summed E-state index contributed by atoms with van der Waals surface area (Å²) in [6.45, 7) is 9.51. The van der Waals surface area contributed by atoms with Crippen LogP contribution in [0, 0.1) is 13.8 Å². The van der Waals surface area contributed by atoms with E-state index in [9.17, 15) is 0 Å². The third kappa shape index (κ3) is 2.98. The molecular weight excluding hydrogens is 240 g/mol. The predicted octanol–water partition coefficient (Wildman–Crippen LogP) is 4.10. The standard InChI is InChI=1S/C15H20N2S/c1-5-16-12(4)14-9-18-15(17-14)13-7-10(2)6-11(3)8-13/h6-9,12,16H,5H2,1-4H3. The van der Waals surface area contributed by atoms with Crippen LogP contribution >= 0.6 is 11.3 Å². The summed E-state index contributed by atoms with van der Waals surface area (Å²) in [6.07, 6.45) is 0. The molecule has 0 amide bonds. The summed E-state index contributed by atoms with van der Waals surface area (Å²) in [5.41, 5.74) is 4.95. The van der Waals surface area contributed by atoms with Crippen molar-refractivity contribution in [1.82, 2.24) is 10.3 Å². The number of nitrogens with zero attached hydrogens (tertiary/aromatic N) is 1. The minimum atomic E-state index is 0.325. The van der Waals surface area contributed by atoms with Crippen molar-refractivity contribution in [3.8, 4) is 10.6 Å². The van der Waals surface area contributed by atoms with Crippen molar-refractivity contribution in [2.45, 2.75) is 33.7 Å². The van der Waals surface area contributed by atoms with Gasteiger partial charge in [0, 0.05) is 17.0 Å². The molecule has 1 heterocycles. The normalized spacial score (nSPS) is 12.7. The SMILES string of the molecule is CCNC(C)c1csc(-c2cc(C)cc(C)c2)n1. The largest absolute Gasteiger partial charge is 0.309 e. The lowest BCUT2D eigenvalue weighted by Gasteiger charge is -2.08. The number of rotatable bonds is 4. The number of hydrogen-bond acceptors (Lipinski definition) is 3. The molecule has 0 aliphatic carbocycles. The molecule has 0 saturated carbocycles.